The monoisotopic (exact) mass is 247 g/mol. The van der Waals surface area contributed by atoms with Crippen molar-refractivity contribution in [3.8, 4) is 0 Å². The molecule has 1 heterocycles. The number of β-amino-alcohol motifs (C(OH)–C–C–N with tert-alkyl or cyclic N) is 1. The molecule has 3 nitrogen and oxygen atoms in total. The van der Waals surface area contributed by atoms with Crippen molar-refractivity contribution < 1.29 is 9.90 Å². The zero-order chi connectivity index (χ0) is 13.1. The fourth-order valence-electron chi connectivity index (χ4n) is 2.75. The van der Waals surface area contributed by atoms with Crippen LogP contribution in [0.5, 0.6) is 0 Å². The van der Waals surface area contributed by atoms with Crippen LogP contribution >= 0.6 is 0 Å². The first-order chi connectivity index (χ1) is 8.63. The lowest BCUT2D eigenvalue weighted by molar-refractivity contribution is -0.133. The second-order valence-corrected chi connectivity index (χ2v) is 5.10. The molecule has 3 atom stereocenters. The highest BCUT2D eigenvalue weighted by Gasteiger charge is 2.34. The van der Waals surface area contributed by atoms with Gasteiger partial charge in [0.1, 0.15) is 0 Å². The highest BCUT2D eigenvalue weighted by molar-refractivity contribution is 5.84. The van der Waals surface area contributed by atoms with Crippen LogP contribution in [0.25, 0.3) is 0 Å². The fourth-order valence-corrected chi connectivity index (χ4v) is 2.75. The molecule has 0 radical (unpaired) electrons. The van der Waals surface area contributed by atoms with Crippen molar-refractivity contribution in [3.63, 3.8) is 0 Å². The SMILES string of the molecule is CCC(C(=O)N1CC(O)CC1C)c1ccccc1. The summed E-state index contributed by atoms with van der Waals surface area (Å²) in [4.78, 5) is 14.4. The standard InChI is InChI=1S/C15H21NO2/c1-3-14(12-7-5-4-6-8-12)15(18)16-10-13(17)9-11(16)2/h4-8,11,13-14,17H,3,9-10H2,1-2H3. The molecule has 1 N–H and O–H groups in total. The first-order valence-corrected chi connectivity index (χ1v) is 6.67. The van der Waals surface area contributed by atoms with Crippen molar-refractivity contribution in [1.82, 2.24) is 4.90 Å². The molecule has 3 unspecified atom stereocenters. The summed E-state index contributed by atoms with van der Waals surface area (Å²) in [5.41, 5.74) is 1.07. The van der Waals surface area contributed by atoms with E-state index in [9.17, 15) is 9.90 Å². The summed E-state index contributed by atoms with van der Waals surface area (Å²) in [6.07, 6.45) is 1.12. The van der Waals surface area contributed by atoms with E-state index in [-0.39, 0.29) is 24.0 Å². The Morgan fingerprint density at radius 1 is 1.44 bits per heavy atom. The van der Waals surface area contributed by atoms with Crippen LogP contribution in [0.4, 0.5) is 0 Å². The number of benzene rings is 1. The lowest BCUT2D eigenvalue weighted by Crippen LogP contribution is -2.37. The maximum atomic E-state index is 12.5. The summed E-state index contributed by atoms with van der Waals surface area (Å²) < 4.78 is 0. The number of aliphatic hydroxyl groups is 1. The topological polar surface area (TPSA) is 40.5 Å². The van der Waals surface area contributed by atoms with E-state index in [4.69, 9.17) is 0 Å². The van der Waals surface area contributed by atoms with Crippen LogP contribution in [0.3, 0.4) is 0 Å². The summed E-state index contributed by atoms with van der Waals surface area (Å²) in [6, 6.07) is 10.0. The van der Waals surface area contributed by atoms with Gasteiger partial charge < -0.3 is 10.0 Å². The minimum atomic E-state index is -0.364. The van der Waals surface area contributed by atoms with E-state index < -0.39 is 0 Å². The van der Waals surface area contributed by atoms with Gasteiger partial charge in [0.05, 0.1) is 12.0 Å². The van der Waals surface area contributed by atoms with Crippen molar-refractivity contribution in [1.29, 1.82) is 0 Å². The molecule has 1 aromatic carbocycles. The third-order valence-electron chi connectivity index (χ3n) is 3.74. The quantitative estimate of drug-likeness (QED) is 0.889. The normalized spacial score (nSPS) is 25.2. The molecule has 0 saturated carbocycles. The molecular formula is C15H21NO2. The van der Waals surface area contributed by atoms with Crippen LogP contribution in [0, 0.1) is 0 Å². The van der Waals surface area contributed by atoms with Crippen LogP contribution in [0.2, 0.25) is 0 Å². The molecule has 0 bridgehead atoms. The molecule has 0 aromatic heterocycles. The number of carbonyl (C=O) groups is 1. The molecule has 1 aliphatic heterocycles. The van der Waals surface area contributed by atoms with E-state index in [1.54, 1.807) is 0 Å². The summed E-state index contributed by atoms with van der Waals surface area (Å²) >= 11 is 0. The molecule has 18 heavy (non-hydrogen) atoms. The van der Waals surface area contributed by atoms with Gasteiger partial charge in [-0.25, -0.2) is 0 Å². The Balaban J connectivity index is 2.16. The van der Waals surface area contributed by atoms with Gasteiger partial charge in [-0.2, -0.15) is 0 Å². The molecule has 3 heteroatoms. The number of hydrogen-bond donors (Lipinski definition) is 1. The Labute approximate surface area is 108 Å². The Morgan fingerprint density at radius 2 is 2.11 bits per heavy atom. The summed E-state index contributed by atoms with van der Waals surface area (Å²) in [7, 11) is 0. The number of nitrogens with zero attached hydrogens (tertiary/aromatic N) is 1. The minimum absolute atomic E-state index is 0.0843. The molecule has 1 aromatic rings. The molecule has 98 valence electrons. The summed E-state index contributed by atoms with van der Waals surface area (Å²) in [5.74, 6) is 0.0618. The smallest absolute Gasteiger partial charge is 0.230 e. The Hall–Kier alpha value is -1.35. The first-order valence-electron chi connectivity index (χ1n) is 6.67. The van der Waals surface area contributed by atoms with Crippen molar-refractivity contribution in [2.75, 3.05) is 6.54 Å². The van der Waals surface area contributed by atoms with E-state index in [2.05, 4.69) is 0 Å². The second-order valence-electron chi connectivity index (χ2n) is 5.10. The summed E-state index contributed by atoms with van der Waals surface area (Å²) in [5, 5.41) is 9.65. The van der Waals surface area contributed by atoms with Crippen LogP contribution in [0.15, 0.2) is 30.3 Å². The molecular weight excluding hydrogens is 226 g/mol. The first kappa shape index (κ1) is 13.1. The fraction of sp³-hybridized carbons (Fsp3) is 0.533. The zero-order valence-electron chi connectivity index (χ0n) is 11.0. The predicted octanol–water partition coefficient (Wildman–Crippen LogP) is 2.16. The van der Waals surface area contributed by atoms with Gasteiger partial charge in [0.15, 0.2) is 0 Å². The van der Waals surface area contributed by atoms with Crippen molar-refractivity contribution in [2.45, 2.75) is 44.8 Å². The second kappa shape index (κ2) is 5.53. The number of hydrogen-bond acceptors (Lipinski definition) is 2. The Kier molecular flexibility index (Phi) is 4.02. The Morgan fingerprint density at radius 3 is 2.61 bits per heavy atom. The van der Waals surface area contributed by atoms with Gasteiger partial charge in [-0.3, -0.25) is 4.79 Å². The predicted molar refractivity (Wildman–Crippen MR) is 71.3 cm³/mol. The molecule has 1 aliphatic rings. The molecule has 0 spiro atoms. The van der Waals surface area contributed by atoms with Crippen LogP contribution < -0.4 is 0 Å². The number of carbonyl (C=O) groups excluding carboxylic acids is 1. The third-order valence-corrected chi connectivity index (χ3v) is 3.74. The van der Waals surface area contributed by atoms with Gasteiger partial charge in [-0.15, -0.1) is 0 Å². The minimum Gasteiger partial charge on any atom is -0.391 e. The third kappa shape index (κ3) is 2.56. The van der Waals surface area contributed by atoms with Crippen LogP contribution in [-0.4, -0.2) is 34.6 Å². The van der Waals surface area contributed by atoms with E-state index in [1.807, 2.05) is 49.1 Å². The average molecular weight is 247 g/mol. The van der Waals surface area contributed by atoms with E-state index in [0.29, 0.717) is 13.0 Å². The molecule has 1 saturated heterocycles. The molecule has 2 rings (SSSR count). The number of aliphatic hydroxyl groups excluding tert-OH is 1. The van der Waals surface area contributed by atoms with Gasteiger partial charge in [0.25, 0.3) is 0 Å². The van der Waals surface area contributed by atoms with E-state index in [0.717, 1.165) is 12.0 Å². The van der Waals surface area contributed by atoms with Gasteiger partial charge in [-0.05, 0) is 25.3 Å². The summed E-state index contributed by atoms with van der Waals surface area (Å²) in [6.45, 7) is 4.52. The van der Waals surface area contributed by atoms with Gasteiger partial charge in [0.2, 0.25) is 5.91 Å². The number of amides is 1. The highest BCUT2D eigenvalue weighted by atomic mass is 16.3. The lowest BCUT2D eigenvalue weighted by atomic mass is 9.95. The van der Waals surface area contributed by atoms with E-state index in [1.165, 1.54) is 0 Å². The highest BCUT2D eigenvalue weighted by Crippen LogP contribution is 2.26. The van der Waals surface area contributed by atoms with Crippen LogP contribution in [0.1, 0.15) is 38.2 Å². The maximum absolute atomic E-state index is 12.5. The molecule has 0 aliphatic carbocycles. The van der Waals surface area contributed by atoms with Gasteiger partial charge >= 0.3 is 0 Å². The molecule has 1 fully saturated rings. The maximum Gasteiger partial charge on any atom is 0.230 e. The van der Waals surface area contributed by atoms with Gasteiger partial charge in [-0.1, -0.05) is 37.3 Å². The number of rotatable bonds is 3. The average Bonchev–Trinajstić information content (AvgIpc) is 2.70. The lowest BCUT2D eigenvalue weighted by Gasteiger charge is -2.26. The van der Waals surface area contributed by atoms with Crippen molar-refractivity contribution in [3.05, 3.63) is 35.9 Å². The Bertz CT molecular complexity index is 404. The van der Waals surface area contributed by atoms with Gasteiger partial charge in [0, 0.05) is 12.6 Å². The molecule has 1 amide bonds. The van der Waals surface area contributed by atoms with Crippen molar-refractivity contribution >= 4 is 5.91 Å². The zero-order valence-corrected chi connectivity index (χ0v) is 11.0. The largest absolute Gasteiger partial charge is 0.391 e. The van der Waals surface area contributed by atoms with E-state index >= 15 is 0 Å². The van der Waals surface area contributed by atoms with Crippen molar-refractivity contribution in [2.24, 2.45) is 0 Å². The number of likely N-dealkylation sites (tertiary alicyclic amines) is 1. The van der Waals surface area contributed by atoms with Crippen LogP contribution in [-0.2, 0) is 4.79 Å².